The molecule has 0 spiro atoms. The minimum atomic E-state index is -0.513. The van der Waals surface area contributed by atoms with Gasteiger partial charge in [-0.15, -0.1) is 0 Å². The predicted octanol–water partition coefficient (Wildman–Crippen LogP) is 4.32. The van der Waals surface area contributed by atoms with E-state index in [0.29, 0.717) is 19.1 Å². The molecule has 0 saturated carbocycles. The lowest BCUT2D eigenvalue weighted by molar-refractivity contribution is 0.0663. The van der Waals surface area contributed by atoms with Gasteiger partial charge in [-0.2, -0.15) is 0 Å². The Morgan fingerprint density at radius 1 is 1.03 bits per heavy atom. The second-order valence-electron chi connectivity index (χ2n) is 8.73. The monoisotopic (exact) mass is 419 g/mol. The van der Waals surface area contributed by atoms with Gasteiger partial charge in [0.15, 0.2) is 0 Å². The number of hydrogen-bond acceptors (Lipinski definition) is 5. The smallest absolute Gasteiger partial charge is 0.120 e. The number of aliphatic hydroxyl groups excluding tert-OH is 1. The number of ether oxygens (including phenoxy) is 1. The van der Waals surface area contributed by atoms with Crippen molar-refractivity contribution in [3.63, 3.8) is 0 Å². The van der Waals surface area contributed by atoms with Crippen LogP contribution in [0.2, 0.25) is 0 Å². The third-order valence-electron chi connectivity index (χ3n) is 5.99. The van der Waals surface area contributed by atoms with Crippen LogP contribution < -0.4 is 15.0 Å². The topological polar surface area (TPSA) is 48.0 Å². The summed E-state index contributed by atoms with van der Waals surface area (Å²) in [6.07, 6.45) is 3.45. The van der Waals surface area contributed by atoms with E-state index < -0.39 is 6.10 Å². The van der Waals surface area contributed by atoms with Crippen LogP contribution in [-0.4, -0.2) is 55.4 Å². The summed E-state index contributed by atoms with van der Waals surface area (Å²) in [5.41, 5.74) is 5.63. The van der Waals surface area contributed by atoms with Crippen LogP contribution in [-0.2, 0) is 0 Å². The van der Waals surface area contributed by atoms with Gasteiger partial charge in [0.05, 0.1) is 0 Å². The maximum atomic E-state index is 10.5. The Balaban J connectivity index is 1.22. The Kier molecular flexibility index (Phi) is 6.64. The van der Waals surface area contributed by atoms with E-state index in [1.807, 2.05) is 30.4 Å². The van der Waals surface area contributed by atoms with Gasteiger partial charge >= 0.3 is 0 Å². The highest BCUT2D eigenvalue weighted by atomic mass is 16.5. The molecule has 2 aromatic rings. The highest BCUT2D eigenvalue weighted by Crippen LogP contribution is 2.28. The van der Waals surface area contributed by atoms with Crippen molar-refractivity contribution in [2.24, 2.45) is 0 Å². The van der Waals surface area contributed by atoms with Crippen LogP contribution in [0.25, 0.3) is 6.08 Å². The number of hydrogen-bond donors (Lipinski definition) is 2. The number of fused-ring (bicyclic) bond motifs is 1. The van der Waals surface area contributed by atoms with Gasteiger partial charge in [0.2, 0.25) is 0 Å². The first kappa shape index (κ1) is 21.5. The van der Waals surface area contributed by atoms with Crippen molar-refractivity contribution in [2.45, 2.75) is 25.9 Å². The summed E-state index contributed by atoms with van der Waals surface area (Å²) < 4.78 is 5.85. The molecule has 5 nitrogen and oxygen atoms in total. The molecule has 0 bridgehead atoms. The Morgan fingerprint density at radius 3 is 2.48 bits per heavy atom. The summed E-state index contributed by atoms with van der Waals surface area (Å²) in [5, 5.41) is 13.7. The summed E-state index contributed by atoms with van der Waals surface area (Å²) in [6, 6.07) is 14.8. The van der Waals surface area contributed by atoms with Gasteiger partial charge in [0, 0.05) is 55.4 Å². The van der Waals surface area contributed by atoms with E-state index in [9.17, 15) is 5.11 Å². The number of β-amino-alcohol motifs (C(OH)–C–C–N with tert-alkyl or cyclic N) is 1. The fourth-order valence-electron chi connectivity index (χ4n) is 4.09. The van der Waals surface area contributed by atoms with Crippen LogP contribution in [0.1, 0.15) is 30.9 Å². The minimum Gasteiger partial charge on any atom is -0.491 e. The lowest BCUT2D eigenvalue weighted by Gasteiger charge is -2.37. The van der Waals surface area contributed by atoms with Crippen LogP contribution in [0.15, 0.2) is 60.8 Å². The van der Waals surface area contributed by atoms with Crippen molar-refractivity contribution in [3.05, 3.63) is 71.9 Å². The summed E-state index contributed by atoms with van der Waals surface area (Å²) in [5.74, 6) is 1.33. The average molecular weight is 420 g/mol. The highest BCUT2D eigenvalue weighted by molar-refractivity contribution is 5.75. The highest BCUT2D eigenvalue weighted by Gasteiger charge is 2.20. The number of allylic oxidation sites excluding steroid dienone is 1. The summed E-state index contributed by atoms with van der Waals surface area (Å²) in [4.78, 5) is 4.74. The largest absolute Gasteiger partial charge is 0.491 e. The lowest BCUT2D eigenvalue weighted by Crippen LogP contribution is -2.49. The van der Waals surface area contributed by atoms with Gasteiger partial charge in [-0.3, -0.25) is 4.90 Å². The number of rotatable bonds is 7. The second kappa shape index (κ2) is 9.58. The summed E-state index contributed by atoms with van der Waals surface area (Å²) >= 11 is 0. The second-order valence-corrected chi connectivity index (χ2v) is 8.73. The molecule has 31 heavy (non-hydrogen) atoms. The minimum absolute atomic E-state index is 0.291. The molecule has 1 fully saturated rings. The first-order valence-corrected chi connectivity index (χ1v) is 11.1. The van der Waals surface area contributed by atoms with E-state index in [4.69, 9.17) is 4.74 Å². The van der Waals surface area contributed by atoms with Crippen LogP contribution in [0.4, 0.5) is 11.4 Å². The molecule has 2 N–H and O–H groups in total. The van der Waals surface area contributed by atoms with Crippen LogP contribution in [0.3, 0.4) is 0 Å². The maximum absolute atomic E-state index is 10.5. The third-order valence-corrected chi connectivity index (χ3v) is 5.99. The van der Waals surface area contributed by atoms with Crippen molar-refractivity contribution in [1.29, 1.82) is 0 Å². The Labute approximate surface area is 185 Å². The molecule has 164 valence electrons. The molecule has 5 heteroatoms. The molecule has 2 aliphatic rings. The molecular formula is C26H33N3O2. The fraction of sp³-hybridized carbons (Fsp3) is 0.385. The van der Waals surface area contributed by atoms with Gasteiger partial charge in [0.1, 0.15) is 18.5 Å². The van der Waals surface area contributed by atoms with Gasteiger partial charge < -0.3 is 20.1 Å². The number of nitrogens with zero attached hydrogens (tertiary/aromatic N) is 2. The van der Waals surface area contributed by atoms with Crippen molar-refractivity contribution in [2.75, 3.05) is 49.5 Å². The van der Waals surface area contributed by atoms with Crippen LogP contribution >= 0.6 is 0 Å². The van der Waals surface area contributed by atoms with Crippen molar-refractivity contribution >= 4 is 17.5 Å². The quantitative estimate of drug-likeness (QED) is 0.700. The van der Waals surface area contributed by atoms with Gasteiger partial charge in [-0.05, 0) is 47.9 Å². The first-order chi connectivity index (χ1) is 15.0. The Hall–Kier alpha value is -2.76. The molecule has 4 rings (SSSR count). The molecule has 0 amide bonds. The lowest BCUT2D eigenvalue weighted by atomic mass is 10.0. The molecule has 2 aromatic carbocycles. The summed E-state index contributed by atoms with van der Waals surface area (Å²) in [7, 11) is 0. The molecule has 0 aromatic heterocycles. The van der Waals surface area contributed by atoms with Gasteiger partial charge in [-0.25, -0.2) is 0 Å². The molecule has 2 heterocycles. The average Bonchev–Trinajstić information content (AvgIpc) is 2.78. The van der Waals surface area contributed by atoms with E-state index in [0.717, 1.165) is 48.9 Å². The zero-order chi connectivity index (χ0) is 21.8. The van der Waals surface area contributed by atoms with E-state index in [-0.39, 0.29) is 0 Å². The molecular weight excluding hydrogens is 386 g/mol. The normalized spacial score (nSPS) is 17.4. The van der Waals surface area contributed by atoms with Crippen molar-refractivity contribution in [3.8, 4) is 5.75 Å². The number of anilines is 2. The van der Waals surface area contributed by atoms with E-state index in [1.54, 1.807) is 0 Å². The fourth-order valence-corrected chi connectivity index (χ4v) is 4.09. The third kappa shape index (κ3) is 5.49. The summed E-state index contributed by atoms with van der Waals surface area (Å²) in [6.45, 7) is 13.1. The van der Waals surface area contributed by atoms with Gasteiger partial charge in [0.25, 0.3) is 0 Å². The maximum Gasteiger partial charge on any atom is 0.120 e. The number of benzene rings is 2. The number of piperazine rings is 1. The molecule has 2 aliphatic heterocycles. The first-order valence-electron chi connectivity index (χ1n) is 11.1. The predicted molar refractivity (Wildman–Crippen MR) is 129 cm³/mol. The van der Waals surface area contributed by atoms with Crippen LogP contribution in [0, 0.1) is 0 Å². The molecule has 0 aliphatic carbocycles. The molecule has 0 unspecified atom stereocenters. The van der Waals surface area contributed by atoms with E-state index >= 15 is 0 Å². The van der Waals surface area contributed by atoms with Crippen molar-refractivity contribution < 1.29 is 9.84 Å². The molecule has 1 saturated heterocycles. The standard InChI is InChI=1S/C26H33N3O2/c1-19(2)21-6-8-23(9-7-21)29-14-12-28(13-15-29)17-24(30)18-31-25-10-11-26-22(16-25)5-4-20(3)27-26/h4-11,16,19,24,27,30H,3,12-15,17-18H2,1-2H3/t24-/m0/s1. The zero-order valence-electron chi connectivity index (χ0n) is 18.6. The molecule has 1 atom stereocenters. The Bertz CT molecular complexity index is 928. The van der Waals surface area contributed by atoms with E-state index in [1.165, 1.54) is 11.3 Å². The number of aliphatic hydroxyl groups is 1. The van der Waals surface area contributed by atoms with Gasteiger partial charge in [-0.1, -0.05) is 38.6 Å². The van der Waals surface area contributed by atoms with Crippen molar-refractivity contribution in [1.82, 2.24) is 4.90 Å². The van der Waals surface area contributed by atoms with E-state index in [2.05, 4.69) is 59.8 Å². The SMILES string of the molecule is C=C1C=Cc2cc(OC[C@@H](O)CN3CCN(c4ccc(C(C)C)cc4)CC3)ccc2N1. The Morgan fingerprint density at radius 2 is 1.77 bits per heavy atom. The number of nitrogens with one attached hydrogen (secondary N) is 1. The van der Waals surface area contributed by atoms with Crippen LogP contribution in [0.5, 0.6) is 5.75 Å². The molecule has 0 radical (unpaired) electrons. The zero-order valence-corrected chi connectivity index (χ0v) is 18.6.